The van der Waals surface area contributed by atoms with Crippen molar-refractivity contribution in [3.8, 4) is 11.8 Å². The summed E-state index contributed by atoms with van der Waals surface area (Å²) in [6.45, 7) is 13.9. The van der Waals surface area contributed by atoms with E-state index in [2.05, 4.69) is 100 Å². The Bertz CT molecular complexity index is 963. The van der Waals surface area contributed by atoms with Gasteiger partial charge in [-0.05, 0) is 41.6 Å². The van der Waals surface area contributed by atoms with Gasteiger partial charge in [-0.2, -0.15) is 0 Å². The number of hydrogen-bond acceptors (Lipinski definition) is 4. The Morgan fingerprint density at radius 1 is 0.667 bits per heavy atom. The summed E-state index contributed by atoms with van der Waals surface area (Å²) in [5.41, 5.74) is 0. The summed E-state index contributed by atoms with van der Waals surface area (Å²) >= 11 is 0. The first-order valence-corrected chi connectivity index (χ1v) is 18.4. The van der Waals surface area contributed by atoms with E-state index in [4.69, 9.17) is 13.9 Å². The van der Waals surface area contributed by atoms with Gasteiger partial charge in [0, 0.05) is 13.2 Å². The van der Waals surface area contributed by atoms with Crippen LogP contribution in [0, 0.1) is 11.8 Å². The van der Waals surface area contributed by atoms with E-state index in [1.54, 1.807) is 0 Å². The molecule has 0 saturated carbocycles. The van der Waals surface area contributed by atoms with Crippen LogP contribution in [0.2, 0.25) is 5.04 Å². The van der Waals surface area contributed by atoms with Crippen LogP contribution >= 0.6 is 0 Å². The first kappa shape index (κ1) is 36.2. The maximum atomic E-state index is 11.6. The van der Waals surface area contributed by atoms with Crippen LogP contribution in [-0.4, -0.2) is 45.1 Å². The molecule has 0 aliphatic rings. The highest BCUT2D eigenvalue weighted by atomic mass is 28.4. The predicted molar refractivity (Wildman–Crippen MR) is 180 cm³/mol. The standard InChI is InChI=1S/C37H58O4Si/c1-7-10-11-12-13-14-15-16-17-24-29-35(34(38)30-31-36(39-8-2)40-9-3)41-42(37(4,5)6,32-25-20-18-21-26-32)33-27-22-19-23-28-33/h18-23,25-28,34-36,38H,7-17,24,29H2,1-6H3/t34?,35-/m1/s1. The number of hydrogen-bond donors (Lipinski definition) is 1. The van der Waals surface area contributed by atoms with Crippen molar-refractivity contribution in [1.29, 1.82) is 0 Å². The molecule has 2 aromatic carbocycles. The van der Waals surface area contributed by atoms with Crippen molar-refractivity contribution in [2.24, 2.45) is 0 Å². The fourth-order valence-electron chi connectivity index (χ4n) is 5.71. The van der Waals surface area contributed by atoms with Crippen LogP contribution in [0.1, 0.15) is 112 Å². The molecule has 0 aliphatic heterocycles. The minimum atomic E-state index is -2.85. The van der Waals surface area contributed by atoms with E-state index in [0.717, 1.165) is 19.3 Å². The number of unbranched alkanes of at least 4 members (excludes halogenated alkanes) is 9. The molecule has 0 amide bonds. The average molecular weight is 595 g/mol. The normalized spacial score (nSPS) is 13.5. The molecule has 4 nitrogen and oxygen atoms in total. The van der Waals surface area contributed by atoms with Gasteiger partial charge in [0.05, 0.1) is 6.10 Å². The second-order valence-corrected chi connectivity index (χ2v) is 16.5. The van der Waals surface area contributed by atoms with Crippen molar-refractivity contribution in [2.75, 3.05) is 13.2 Å². The molecule has 42 heavy (non-hydrogen) atoms. The summed E-state index contributed by atoms with van der Waals surface area (Å²) in [5.74, 6) is 6.10. The number of ether oxygens (including phenoxy) is 2. The van der Waals surface area contributed by atoms with Crippen molar-refractivity contribution < 1.29 is 19.0 Å². The minimum Gasteiger partial charge on any atom is -0.401 e. The lowest BCUT2D eigenvalue weighted by Crippen LogP contribution is -2.68. The molecule has 0 bridgehead atoms. The van der Waals surface area contributed by atoms with Gasteiger partial charge in [0.25, 0.3) is 8.32 Å². The van der Waals surface area contributed by atoms with Gasteiger partial charge in [-0.25, -0.2) is 0 Å². The zero-order valence-corrected chi connectivity index (χ0v) is 28.4. The van der Waals surface area contributed by atoms with Gasteiger partial charge in [0.2, 0.25) is 6.29 Å². The molecule has 1 unspecified atom stereocenters. The lowest BCUT2D eigenvalue weighted by Gasteiger charge is -2.45. The van der Waals surface area contributed by atoms with Gasteiger partial charge in [0.1, 0.15) is 6.10 Å². The van der Waals surface area contributed by atoms with E-state index in [9.17, 15) is 5.11 Å². The Hall–Kier alpha value is -1.94. The van der Waals surface area contributed by atoms with Gasteiger partial charge in [-0.3, -0.25) is 0 Å². The third-order valence-electron chi connectivity index (χ3n) is 7.92. The Kier molecular flexibility index (Phi) is 17.3. The number of rotatable bonds is 20. The van der Waals surface area contributed by atoms with Crippen molar-refractivity contribution in [1.82, 2.24) is 0 Å². The fraction of sp³-hybridized carbons (Fsp3) is 0.622. The van der Waals surface area contributed by atoms with Gasteiger partial charge < -0.3 is 19.0 Å². The first-order valence-electron chi connectivity index (χ1n) is 16.5. The zero-order chi connectivity index (χ0) is 30.7. The van der Waals surface area contributed by atoms with E-state index in [0.29, 0.717) is 13.2 Å². The van der Waals surface area contributed by atoms with Crippen LogP contribution in [0.4, 0.5) is 0 Å². The Labute approximate surface area is 258 Å². The molecular formula is C37H58O4Si. The van der Waals surface area contributed by atoms with E-state index < -0.39 is 26.8 Å². The van der Waals surface area contributed by atoms with E-state index >= 15 is 0 Å². The molecule has 0 spiro atoms. The smallest absolute Gasteiger partial charge is 0.261 e. The van der Waals surface area contributed by atoms with Crippen LogP contribution in [0.5, 0.6) is 0 Å². The van der Waals surface area contributed by atoms with Crippen LogP contribution < -0.4 is 10.4 Å². The molecule has 0 saturated heterocycles. The molecule has 0 heterocycles. The molecular weight excluding hydrogens is 536 g/mol. The quantitative estimate of drug-likeness (QED) is 0.0730. The fourth-order valence-corrected chi connectivity index (χ4v) is 10.4. The lowest BCUT2D eigenvalue weighted by atomic mass is 10.0. The van der Waals surface area contributed by atoms with Crippen molar-refractivity contribution in [3.63, 3.8) is 0 Å². The van der Waals surface area contributed by atoms with Crippen molar-refractivity contribution >= 4 is 18.7 Å². The molecule has 2 atom stereocenters. The number of benzene rings is 2. The van der Waals surface area contributed by atoms with Gasteiger partial charge in [-0.1, -0.05) is 158 Å². The lowest BCUT2D eigenvalue weighted by molar-refractivity contribution is -0.0972. The molecule has 5 heteroatoms. The third-order valence-corrected chi connectivity index (χ3v) is 13.0. The van der Waals surface area contributed by atoms with Crippen molar-refractivity contribution in [3.05, 3.63) is 60.7 Å². The molecule has 234 valence electrons. The number of aliphatic hydroxyl groups excluding tert-OH is 1. The van der Waals surface area contributed by atoms with Crippen LogP contribution in [0.15, 0.2) is 60.7 Å². The highest BCUT2D eigenvalue weighted by molar-refractivity contribution is 6.99. The van der Waals surface area contributed by atoms with E-state index in [-0.39, 0.29) is 5.04 Å². The predicted octanol–water partition coefficient (Wildman–Crippen LogP) is 8.01. The van der Waals surface area contributed by atoms with E-state index in [1.807, 2.05) is 13.8 Å². The summed E-state index contributed by atoms with van der Waals surface area (Å²) in [7, 11) is -2.85. The Morgan fingerprint density at radius 2 is 1.12 bits per heavy atom. The summed E-state index contributed by atoms with van der Waals surface area (Å²) in [4.78, 5) is 0. The summed E-state index contributed by atoms with van der Waals surface area (Å²) in [5, 5.41) is 13.8. The molecule has 0 radical (unpaired) electrons. The maximum Gasteiger partial charge on any atom is 0.261 e. The summed E-state index contributed by atoms with van der Waals surface area (Å²) in [6, 6.07) is 21.3. The SMILES string of the molecule is CCCCCCCCCCCC[C@@H](O[Si](c1ccccc1)(c1ccccc1)C(C)(C)C)C(O)C#CC(OCC)OCC. The highest BCUT2D eigenvalue weighted by Gasteiger charge is 2.52. The van der Waals surface area contributed by atoms with Crippen LogP contribution in [0.25, 0.3) is 0 Å². The van der Waals surface area contributed by atoms with Gasteiger partial charge in [-0.15, -0.1) is 0 Å². The topological polar surface area (TPSA) is 47.9 Å². The Balaban J connectivity index is 2.32. The number of aliphatic hydroxyl groups is 1. The summed E-state index contributed by atoms with van der Waals surface area (Å²) in [6.07, 6.45) is 11.4. The second-order valence-electron chi connectivity index (χ2n) is 12.3. The maximum absolute atomic E-state index is 11.6. The third kappa shape index (κ3) is 11.6. The minimum absolute atomic E-state index is 0.182. The average Bonchev–Trinajstić information content (AvgIpc) is 2.98. The van der Waals surface area contributed by atoms with E-state index in [1.165, 1.54) is 61.7 Å². The molecule has 0 fully saturated rings. The molecule has 2 aromatic rings. The van der Waals surface area contributed by atoms with Gasteiger partial charge in [0.15, 0.2) is 0 Å². The molecule has 0 aliphatic carbocycles. The monoisotopic (exact) mass is 594 g/mol. The molecule has 1 N–H and O–H groups in total. The largest absolute Gasteiger partial charge is 0.401 e. The zero-order valence-electron chi connectivity index (χ0n) is 27.4. The Morgan fingerprint density at radius 3 is 1.55 bits per heavy atom. The van der Waals surface area contributed by atoms with Crippen LogP contribution in [0.3, 0.4) is 0 Å². The summed E-state index contributed by atoms with van der Waals surface area (Å²) < 4.78 is 18.6. The molecule has 0 aromatic heterocycles. The van der Waals surface area contributed by atoms with Gasteiger partial charge >= 0.3 is 0 Å². The molecule has 2 rings (SSSR count). The second kappa shape index (κ2) is 20.1. The highest BCUT2D eigenvalue weighted by Crippen LogP contribution is 2.38. The van der Waals surface area contributed by atoms with Crippen molar-refractivity contribution in [2.45, 2.75) is 136 Å². The van der Waals surface area contributed by atoms with Crippen LogP contribution in [-0.2, 0) is 13.9 Å². The first-order chi connectivity index (χ1) is 20.3.